The summed E-state index contributed by atoms with van der Waals surface area (Å²) in [5.41, 5.74) is 2.78. The van der Waals surface area contributed by atoms with E-state index in [2.05, 4.69) is 29.2 Å². The van der Waals surface area contributed by atoms with Crippen molar-refractivity contribution in [3.63, 3.8) is 0 Å². The van der Waals surface area contributed by atoms with E-state index in [-0.39, 0.29) is 0 Å². The molecule has 1 saturated heterocycles. The summed E-state index contributed by atoms with van der Waals surface area (Å²) in [6.45, 7) is 5.64. The van der Waals surface area contributed by atoms with Gasteiger partial charge in [-0.25, -0.2) is 10.8 Å². The van der Waals surface area contributed by atoms with Gasteiger partial charge in [0.2, 0.25) is 5.96 Å². The molecule has 0 aromatic carbocycles. The highest BCUT2D eigenvalue weighted by atomic mass is 15.4. The van der Waals surface area contributed by atoms with Crippen LogP contribution in [0.2, 0.25) is 0 Å². The summed E-state index contributed by atoms with van der Waals surface area (Å²) in [4.78, 5) is 6.98. The third kappa shape index (κ3) is 2.43. The molecule has 1 aliphatic carbocycles. The van der Waals surface area contributed by atoms with Gasteiger partial charge in [0, 0.05) is 12.6 Å². The molecule has 4 heteroatoms. The third-order valence-electron chi connectivity index (χ3n) is 3.32. The summed E-state index contributed by atoms with van der Waals surface area (Å²) in [6, 6.07) is 1.14. The van der Waals surface area contributed by atoms with Gasteiger partial charge >= 0.3 is 0 Å². The zero-order chi connectivity index (χ0) is 10.8. The van der Waals surface area contributed by atoms with Crippen LogP contribution in [-0.4, -0.2) is 29.5 Å². The molecule has 3 N–H and O–H groups in total. The van der Waals surface area contributed by atoms with Gasteiger partial charge in [0.15, 0.2) is 0 Å². The van der Waals surface area contributed by atoms with Crippen molar-refractivity contribution in [3.05, 3.63) is 0 Å². The number of nitrogens with zero attached hydrogens (tertiary/aromatic N) is 2. The maximum atomic E-state index is 5.57. The van der Waals surface area contributed by atoms with E-state index in [1.54, 1.807) is 0 Å². The molecule has 0 spiro atoms. The normalized spacial score (nSPS) is 27.6. The number of rotatable bonds is 2. The lowest BCUT2D eigenvalue weighted by Gasteiger charge is -2.30. The highest BCUT2D eigenvalue weighted by molar-refractivity contribution is 5.80. The predicted octanol–water partition coefficient (Wildman–Crippen LogP) is 1.09. The second kappa shape index (κ2) is 4.39. The van der Waals surface area contributed by atoms with Crippen molar-refractivity contribution in [1.29, 1.82) is 0 Å². The van der Waals surface area contributed by atoms with E-state index < -0.39 is 0 Å². The molecular weight excluding hydrogens is 188 g/mol. The van der Waals surface area contributed by atoms with Gasteiger partial charge < -0.3 is 4.90 Å². The zero-order valence-electron chi connectivity index (χ0n) is 9.74. The molecule has 0 amide bonds. The smallest absolute Gasteiger partial charge is 0.208 e. The van der Waals surface area contributed by atoms with Gasteiger partial charge in [0.05, 0.1) is 6.04 Å². The van der Waals surface area contributed by atoms with E-state index >= 15 is 0 Å². The molecule has 86 valence electrons. The van der Waals surface area contributed by atoms with Gasteiger partial charge in [0.1, 0.15) is 0 Å². The minimum absolute atomic E-state index is 0.532. The van der Waals surface area contributed by atoms with Crippen LogP contribution >= 0.6 is 0 Å². The minimum atomic E-state index is 0.532. The van der Waals surface area contributed by atoms with Crippen molar-refractivity contribution in [2.45, 2.75) is 51.6 Å². The van der Waals surface area contributed by atoms with Crippen LogP contribution in [0.15, 0.2) is 4.99 Å². The molecular formula is C11H22N4. The first kappa shape index (κ1) is 10.7. The van der Waals surface area contributed by atoms with Gasteiger partial charge in [-0.3, -0.25) is 5.43 Å². The van der Waals surface area contributed by atoms with Crippen molar-refractivity contribution in [3.8, 4) is 0 Å². The fourth-order valence-electron chi connectivity index (χ4n) is 2.32. The zero-order valence-corrected chi connectivity index (χ0v) is 9.74. The molecule has 2 aliphatic rings. The standard InChI is InChI=1S/C11H22N4/c1-8(2)10-4-3-7-15(10)11(14-12)13-9-5-6-9/h8-10H,3-7,12H2,1-2H3,(H,13,14). The summed E-state index contributed by atoms with van der Waals surface area (Å²) in [6.07, 6.45) is 4.98. The lowest BCUT2D eigenvalue weighted by molar-refractivity contribution is 0.300. The molecule has 0 aromatic rings. The number of nitrogens with one attached hydrogen (secondary N) is 1. The van der Waals surface area contributed by atoms with E-state index in [4.69, 9.17) is 5.84 Å². The maximum Gasteiger partial charge on any atom is 0.208 e. The largest absolute Gasteiger partial charge is 0.339 e. The number of likely N-dealkylation sites (tertiary alicyclic amines) is 1. The number of nitrogens with two attached hydrogens (primary N) is 1. The van der Waals surface area contributed by atoms with Crippen LogP contribution in [0.4, 0.5) is 0 Å². The summed E-state index contributed by atoms with van der Waals surface area (Å²) in [5, 5.41) is 0. The predicted molar refractivity (Wildman–Crippen MR) is 62.3 cm³/mol. The Morgan fingerprint density at radius 1 is 1.40 bits per heavy atom. The fraction of sp³-hybridized carbons (Fsp3) is 0.909. The molecule has 15 heavy (non-hydrogen) atoms. The van der Waals surface area contributed by atoms with Crippen LogP contribution < -0.4 is 11.3 Å². The van der Waals surface area contributed by atoms with Crippen molar-refractivity contribution in [2.24, 2.45) is 16.8 Å². The number of hydrogen-bond donors (Lipinski definition) is 2. The molecule has 0 aromatic heterocycles. The molecule has 0 bridgehead atoms. The van der Waals surface area contributed by atoms with Crippen LogP contribution in [0.1, 0.15) is 39.5 Å². The SMILES string of the molecule is CC(C)C1CCCN1C(=NC1CC1)NN. The third-order valence-corrected chi connectivity index (χ3v) is 3.32. The van der Waals surface area contributed by atoms with Gasteiger partial charge in [-0.05, 0) is 31.6 Å². The number of aliphatic imine (C=N–C) groups is 1. The second-order valence-corrected chi connectivity index (χ2v) is 4.98. The molecule has 1 heterocycles. The second-order valence-electron chi connectivity index (χ2n) is 4.98. The molecule has 1 atom stereocenters. The van der Waals surface area contributed by atoms with Gasteiger partial charge in [-0.1, -0.05) is 13.8 Å². The lowest BCUT2D eigenvalue weighted by atomic mass is 10.0. The molecule has 1 saturated carbocycles. The monoisotopic (exact) mass is 210 g/mol. The van der Waals surface area contributed by atoms with Crippen LogP contribution in [0, 0.1) is 5.92 Å². The summed E-state index contributed by atoms with van der Waals surface area (Å²) < 4.78 is 0. The fourth-order valence-corrected chi connectivity index (χ4v) is 2.32. The number of guanidine groups is 1. The molecule has 2 fully saturated rings. The topological polar surface area (TPSA) is 53.6 Å². The van der Waals surface area contributed by atoms with Crippen LogP contribution in [0.5, 0.6) is 0 Å². The van der Waals surface area contributed by atoms with E-state index in [9.17, 15) is 0 Å². The Labute approximate surface area is 91.9 Å². The summed E-state index contributed by atoms with van der Waals surface area (Å²) in [5.74, 6) is 7.15. The Kier molecular flexibility index (Phi) is 3.14. The Balaban J connectivity index is 2.05. The summed E-state index contributed by atoms with van der Waals surface area (Å²) >= 11 is 0. The molecule has 2 rings (SSSR count). The van der Waals surface area contributed by atoms with Crippen LogP contribution in [-0.2, 0) is 0 Å². The minimum Gasteiger partial charge on any atom is -0.339 e. The Bertz CT molecular complexity index is 245. The molecule has 0 radical (unpaired) electrons. The quantitative estimate of drug-likeness (QED) is 0.310. The van der Waals surface area contributed by atoms with Crippen molar-refractivity contribution >= 4 is 5.96 Å². The van der Waals surface area contributed by atoms with Gasteiger partial charge in [-0.15, -0.1) is 0 Å². The average Bonchev–Trinajstić information content (AvgIpc) is 2.89. The van der Waals surface area contributed by atoms with E-state index in [1.165, 1.54) is 25.7 Å². The molecule has 1 unspecified atom stereocenters. The van der Waals surface area contributed by atoms with Crippen molar-refractivity contribution in [1.82, 2.24) is 10.3 Å². The molecule has 4 nitrogen and oxygen atoms in total. The van der Waals surface area contributed by atoms with E-state index in [1.807, 2.05) is 0 Å². The first-order valence-electron chi connectivity index (χ1n) is 6.03. The maximum absolute atomic E-state index is 5.57. The first-order valence-corrected chi connectivity index (χ1v) is 6.03. The first-order chi connectivity index (χ1) is 7.22. The summed E-state index contributed by atoms with van der Waals surface area (Å²) in [7, 11) is 0. The Hall–Kier alpha value is -0.770. The average molecular weight is 210 g/mol. The Morgan fingerprint density at radius 3 is 2.67 bits per heavy atom. The van der Waals surface area contributed by atoms with Gasteiger partial charge in [0.25, 0.3) is 0 Å². The van der Waals surface area contributed by atoms with Crippen molar-refractivity contribution in [2.75, 3.05) is 6.54 Å². The number of hydrazine groups is 1. The van der Waals surface area contributed by atoms with E-state index in [0.29, 0.717) is 18.0 Å². The number of hydrogen-bond acceptors (Lipinski definition) is 2. The van der Waals surface area contributed by atoms with Crippen LogP contribution in [0.3, 0.4) is 0 Å². The lowest BCUT2D eigenvalue weighted by Crippen LogP contribution is -2.48. The Morgan fingerprint density at radius 2 is 2.13 bits per heavy atom. The van der Waals surface area contributed by atoms with Crippen molar-refractivity contribution < 1.29 is 0 Å². The highest BCUT2D eigenvalue weighted by Gasteiger charge is 2.31. The van der Waals surface area contributed by atoms with E-state index in [0.717, 1.165) is 12.5 Å². The van der Waals surface area contributed by atoms with Crippen LogP contribution in [0.25, 0.3) is 0 Å². The molecule has 1 aliphatic heterocycles. The van der Waals surface area contributed by atoms with Gasteiger partial charge in [-0.2, -0.15) is 0 Å². The highest BCUT2D eigenvalue weighted by Crippen LogP contribution is 2.27.